The third kappa shape index (κ3) is 7.50. The number of ether oxygens (including phenoxy) is 1. The summed E-state index contributed by atoms with van der Waals surface area (Å²) < 4.78 is 5.40. The molecule has 0 aliphatic carbocycles. The zero-order valence-corrected chi connectivity index (χ0v) is 15.0. The second-order valence-corrected chi connectivity index (χ2v) is 6.80. The van der Waals surface area contributed by atoms with E-state index in [1.165, 1.54) is 32.4 Å². The number of aliphatic imine (C=N–C) groups is 1. The molecule has 0 saturated carbocycles. The van der Waals surface area contributed by atoms with Gasteiger partial charge in [-0.1, -0.05) is 13.3 Å². The monoisotopic (exact) mass is 325 g/mol. The molecule has 0 radical (unpaired) electrons. The summed E-state index contributed by atoms with van der Waals surface area (Å²) in [6.45, 7) is 12.8. The lowest BCUT2D eigenvalue weighted by atomic mass is 10.1. The molecule has 2 rings (SSSR count). The summed E-state index contributed by atoms with van der Waals surface area (Å²) in [6, 6.07) is 0. The molecular weight excluding hydrogens is 290 g/mol. The molecule has 0 amide bonds. The average Bonchev–Trinajstić information content (AvgIpc) is 2.59. The number of hydrogen-bond acceptors (Lipinski definition) is 4. The van der Waals surface area contributed by atoms with Crippen molar-refractivity contribution >= 4 is 5.96 Å². The van der Waals surface area contributed by atoms with Crippen LogP contribution in [0.1, 0.15) is 26.2 Å². The van der Waals surface area contributed by atoms with Crippen LogP contribution in [0, 0.1) is 5.92 Å². The molecule has 23 heavy (non-hydrogen) atoms. The first-order valence-electron chi connectivity index (χ1n) is 9.25. The molecular formula is C17H35N5O. The number of guanidine groups is 1. The van der Waals surface area contributed by atoms with Crippen LogP contribution in [-0.4, -0.2) is 88.4 Å². The summed E-state index contributed by atoms with van der Waals surface area (Å²) in [7, 11) is 1.85. The standard InChI is InChI=1S/C17H35N5O/c1-16(15-22-10-12-23-13-11-22)14-20-17(18-2)19-6-9-21-7-4-3-5-8-21/h16H,3-15H2,1-2H3,(H2,18,19,20). The Morgan fingerprint density at radius 2 is 1.78 bits per heavy atom. The van der Waals surface area contributed by atoms with Gasteiger partial charge in [0, 0.05) is 46.3 Å². The normalized spacial score (nSPS) is 22.8. The maximum atomic E-state index is 5.40. The molecule has 134 valence electrons. The van der Waals surface area contributed by atoms with Crippen LogP contribution in [0.15, 0.2) is 4.99 Å². The first kappa shape index (κ1) is 18.5. The molecule has 6 nitrogen and oxygen atoms in total. The lowest BCUT2D eigenvalue weighted by Gasteiger charge is -2.29. The molecule has 2 heterocycles. The Hall–Kier alpha value is -0.850. The van der Waals surface area contributed by atoms with Crippen molar-refractivity contribution in [3.63, 3.8) is 0 Å². The van der Waals surface area contributed by atoms with Crippen LogP contribution in [0.3, 0.4) is 0 Å². The van der Waals surface area contributed by atoms with Crippen molar-refractivity contribution in [1.82, 2.24) is 20.4 Å². The minimum Gasteiger partial charge on any atom is -0.379 e. The van der Waals surface area contributed by atoms with E-state index in [1.54, 1.807) is 0 Å². The van der Waals surface area contributed by atoms with Crippen molar-refractivity contribution in [3.8, 4) is 0 Å². The third-order valence-electron chi connectivity index (χ3n) is 4.68. The van der Waals surface area contributed by atoms with Gasteiger partial charge < -0.3 is 20.3 Å². The van der Waals surface area contributed by atoms with Crippen LogP contribution >= 0.6 is 0 Å². The number of rotatable bonds is 7. The van der Waals surface area contributed by atoms with Crippen molar-refractivity contribution in [1.29, 1.82) is 0 Å². The maximum absolute atomic E-state index is 5.40. The topological polar surface area (TPSA) is 52.1 Å². The van der Waals surface area contributed by atoms with Crippen molar-refractivity contribution in [2.24, 2.45) is 10.9 Å². The fourth-order valence-corrected chi connectivity index (χ4v) is 3.30. The van der Waals surface area contributed by atoms with E-state index in [0.29, 0.717) is 5.92 Å². The Kier molecular flexibility index (Phi) is 8.71. The fraction of sp³-hybridized carbons (Fsp3) is 0.941. The van der Waals surface area contributed by atoms with E-state index in [0.717, 1.165) is 58.4 Å². The Morgan fingerprint density at radius 3 is 2.48 bits per heavy atom. The number of likely N-dealkylation sites (tertiary alicyclic amines) is 1. The lowest BCUT2D eigenvalue weighted by Crippen LogP contribution is -2.45. The van der Waals surface area contributed by atoms with Gasteiger partial charge in [0.1, 0.15) is 0 Å². The van der Waals surface area contributed by atoms with Crippen molar-refractivity contribution in [3.05, 3.63) is 0 Å². The number of nitrogens with zero attached hydrogens (tertiary/aromatic N) is 3. The van der Waals surface area contributed by atoms with E-state index in [2.05, 4.69) is 32.3 Å². The molecule has 2 aliphatic heterocycles. The summed E-state index contributed by atoms with van der Waals surface area (Å²) in [4.78, 5) is 9.37. The van der Waals surface area contributed by atoms with Crippen LogP contribution in [0.5, 0.6) is 0 Å². The molecule has 2 fully saturated rings. The minimum absolute atomic E-state index is 0.605. The maximum Gasteiger partial charge on any atom is 0.191 e. The van der Waals surface area contributed by atoms with E-state index < -0.39 is 0 Å². The highest BCUT2D eigenvalue weighted by Gasteiger charge is 2.14. The minimum atomic E-state index is 0.605. The molecule has 0 spiro atoms. The molecule has 0 bridgehead atoms. The predicted molar refractivity (Wildman–Crippen MR) is 96.1 cm³/mol. The van der Waals surface area contributed by atoms with E-state index >= 15 is 0 Å². The number of nitrogens with one attached hydrogen (secondary N) is 2. The molecule has 0 aromatic heterocycles. The highest BCUT2D eigenvalue weighted by Crippen LogP contribution is 2.07. The number of piperidine rings is 1. The summed E-state index contributed by atoms with van der Waals surface area (Å²) in [5.41, 5.74) is 0. The second-order valence-electron chi connectivity index (χ2n) is 6.80. The molecule has 2 aliphatic rings. The highest BCUT2D eigenvalue weighted by atomic mass is 16.5. The summed E-state index contributed by atoms with van der Waals surface area (Å²) in [6.07, 6.45) is 4.10. The van der Waals surface area contributed by atoms with E-state index in [9.17, 15) is 0 Å². The van der Waals surface area contributed by atoms with Crippen LogP contribution in [0.2, 0.25) is 0 Å². The van der Waals surface area contributed by atoms with E-state index in [4.69, 9.17) is 4.74 Å². The van der Waals surface area contributed by atoms with Gasteiger partial charge in [-0.05, 0) is 31.8 Å². The van der Waals surface area contributed by atoms with Gasteiger partial charge in [0.05, 0.1) is 13.2 Å². The zero-order valence-electron chi connectivity index (χ0n) is 15.0. The van der Waals surface area contributed by atoms with Gasteiger partial charge in [0.25, 0.3) is 0 Å². The summed E-state index contributed by atoms with van der Waals surface area (Å²) >= 11 is 0. The van der Waals surface area contributed by atoms with Gasteiger partial charge >= 0.3 is 0 Å². The van der Waals surface area contributed by atoms with Crippen LogP contribution in [0.4, 0.5) is 0 Å². The summed E-state index contributed by atoms with van der Waals surface area (Å²) in [5.74, 6) is 1.53. The Bertz CT molecular complexity index is 338. The Balaban J connectivity index is 1.56. The fourth-order valence-electron chi connectivity index (χ4n) is 3.30. The first-order chi connectivity index (χ1) is 11.3. The largest absolute Gasteiger partial charge is 0.379 e. The van der Waals surface area contributed by atoms with Crippen molar-refractivity contribution in [2.75, 3.05) is 72.6 Å². The molecule has 0 aromatic rings. The van der Waals surface area contributed by atoms with Gasteiger partial charge in [0.15, 0.2) is 5.96 Å². The quantitative estimate of drug-likeness (QED) is 0.530. The smallest absolute Gasteiger partial charge is 0.191 e. The van der Waals surface area contributed by atoms with Crippen LogP contribution in [-0.2, 0) is 4.74 Å². The SMILES string of the molecule is CN=C(NCCN1CCCCC1)NCC(C)CN1CCOCC1. The van der Waals surface area contributed by atoms with Crippen LogP contribution < -0.4 is 10.6 Å². The van der Waals surface area contributed by atoms with Crippen LogP contribution in [0.25, 0.3) is 0 Å². The molecule has 0 aromatic carbocycles. The number of morpholine rings is 1. The van der Waals surface area contributed by atoms with Gasteiger partial charge in [0.2, 0.25) is 0 Å². The summed E-state index contributed by atoms with van der Waals surface area (Å²) in [5, 5.41) is 6.90. The average molecular weight is 326 g/mol. The van der Waals surface area contributed by atoms with Gasteiger partial charge in [-0.2, -0.15) is 0 Å². The molecule has 2 N–H and O–H groups in total. The molecule has 6 heteroatoms. The molecule has 1 atom stereocenters. The third-order valence-corrected chi connectivity index (χ3v) is 4.68. The first-order valence-corrected chi connectivity index (χ1v) is 9.25. The van der Waals surface area contributed by atoms with Crippen molar-refractivity contribution < 1.29 is 4.74 Å². The van der Waals surface area contributed by atoms with Gasteiger partial charge in [-0.15, -0.1) is 0 Å². The van der Waals surface area contributed by atoms with Gasteiger partial charge in [-0.3, -0.25) is 9.89 Å². The van der Waals surface area contributed by atoms with E-state index in [1.807, 2.05) is 7.05 Å². The van der Waals surface area contributed by atoms with E-state index in [-0.39, 0.29) is 0 Å². The Labute approximate surface area is 141 Å². The highest BCUT2D eigenvalue weighted by molar-refractivity contribution is 5.79. The Morgan fingerprint density at radius 1 is 1.04 bits per heavy atom. The molecule has 2 saturated heterocycles. The number of hydrogen-bond donors (Lipinski definition) is 2. The predicted octanol–water partition coefficient (Wildman–Crippen LogP) is 0.606. The zero-order chi connectivity index (χ0) is 16.3. The molecule has 1 unspecified atom stereocenters. The second kappa shape index (κ2) is 10.8. The van der Waals surface area contributed by atoms with Crippen molar-refractivity contribution in [2.45, 2.75) is 26.2 Å². The van der Waals surface area contributed by atoms with Gasteiger partial charge in [-0.25, -0.2) is 0 Å². The lowest BCUT2D eigenvalue weighted by molar-refractivity contribution is 0.0320.